The van der Waals surface area contributed by atoms with Gasteiger partial charge >= 0.3 is 0 Å². The number of hydrogen-bond donors (Lipinski definition) is 2. The van der Waals surface area contributed by atoms with Crippen LogP contribution in [0.25, 0.3) is 0 Å². The molecule has 0 heterocycles. The predicted octanol–water partition coefficient (Wildman–Crippen LogP) is 3.57. The van der Waals surface area contributed by atoms with Gasteiger partial charge in [-0.1, -0.05) is 32.3 Å². The summed E-state index contributed by atoms with van der Waals surface area (Å²) in [5.74, 6) is 2.13. The molecule has 5 nitrogen and oxygen atoms in total. The van der Waals surface area contributed by atoms with E-state index in [0.29, 0.717) is 19.1 Å². The number of nitrogens with one attached hydrogen (secondary N) is 1. The number of benzene rings is 1. The first-order valence-electron chi connectivity index (χ1n) is 8.07. The van der Waals surface area contributed by atoms with Gasteiger partial charge in [-0.05, 0) is 18.6 Å². The van der Waals surface area contributed by atoms with E-state index in [2.05, 4.69) is 17.2 Å². The Morgan fingerprint density at radius 3 is 2.70 bits per heavy atom. The number of halogens is 1. The Hall–Kier alpha value is -1.18. The molecule has 0 bridgehead atoms. The number of nitrogens with two attached hydrogens (primary N) is 1. The quantitative estimate of drug-likeness (QED) is 0.241. The highest BCUT2D eigenvalue weighted by atomic mass is 127. The van der Waals surface area contributed by atoms with Crippen LogP contribution in [0, 0.1) is 0 Å². The third kappa shape index (κ3) is 11.1. The minimum atomic E-state index is 0. The van der Waals surface area contributed by atoms with Crippen molar-refractivity contribution in [3.05, 3.63) is 24.3 Å². The van der Waals surface area contributed by atoms with Gasteiger partial charge in [-0.15, -0.1) is 24.0 Å². The van der Waals surface area contributed by atoms with Gasteiger partial charge in [-0.3, -0.25) is 4.99 Å². The maximum absolute atomic E-state index is 5.80. The highest BCUT2D eigenvalue weighted by molar-refractivity contribution is 14.0. The average Bonchev–Trinajstić information content (AvgIpc) is 2.54. The van der Waals surface area contributed by atoms with Crippen molar-refractivity contribution in [1.29, 1.82) is 0 Å². The molecule has 0 aromatic heterocycles. The molecule has 1 rings (SSSR count). The van der Waals surface area contributed by atoms with E-state index in [1.165, 1.54) is 19.3 Å². The Labute approximate surface area is 157 Å². The van der Waals surface area contributed by atoms with Crippen LogP contribution >= 0.6 is 24.0 Å². The van der Waals surface area contributed by atoms with Gasteiger partial charge in [-0.2, -0.15) is 0 Å². The summed E-state index contributed by atoms with van der Waals surface area (Å²) in [7, 11) is 1.64. The molecule has 1 aromatic rings. The second-order valence-corrected chi connectivity index (χ2v) is 5.14. The summed E-state index contributed by atoms with van der Waals surface area (Å²) in [6.07, 6.45) is 5.74. The highest BCUT2D eigenvalue weighted by Crippen LogP contribution is 2.18. The molecule has 0 aliphatic heterocycles. The summed E-state index contributed by atoms with van der Waals surface area (Å²) in [5.41, 5.74) is 5.80. The molecular formula is C17H30IN3O2. The highest BCUT2D eigenvalue weighted by Gasteiger charge is 1.97. The minimum absolute atomic E-state index is 0. The molecule has 0 aliphatic rings. The van der Waals surface area contributed by atoms with Crippen molar-refractivity contribution in [2.75, 3.05) is 26.8 Å². The van der Waals surface area contributed by atoms with Gasteiger partial charge in [-0.25, -0.2) is 0 Å². The van der Waals surface area contributed by atoms with Crippen LogP contribution in [-0.2, 0) is 0 Å². The average molecular weight is 435 g/mol. The third-order valence-corrected chi connectivity index (χ3v) is 3.23. The van der Waals surface area contributed by atoms with Crippen molar-refractivity contribution < 1.29 is 9.47 Å². The number of unbranched alkanes of at least 4 members (excludes halogenated alkanes) is 3. The van der Waals surface area contributed by atoms with E-state index in [1.807, 2.05) is 24.3 Å². The topological polar surface area (TPSA) is 68.9 Å². The lowest BCUT2D eigenvalue weighted by molar-refractivity contribution is 0.311. The van der Waals surface area contributed by atoms with Crippen LogP contribution in [0.3, 0.4) is 0 Å². The zero-order valence-electron chi connectivity index (χ0n) is 14.2. The second kappa shape index (κ2) is 14.4. The molecule has 0 saturated carbocycles. The van der Waals surface area contributed by atoms with Crippen LogP contribution in [0.4, 0.5) is 0 Å². The van der Waals surface area contributed by atoms with Crippen LogP contribution in [0.1, 0.15) is 39.0 Å². The Balaban J connectivity index is 0.00000484. The summed E-state index contributed by atoms with van der Waals surface area (Å²) >= 11 is 0. The number of hydrogen-bond acceptors (Lipinski definition) is 3. The first-order valence-corrected chi connectivity index (χ1v) is 8.07. The fourth-order valence-electron chi connectivity index (χ4n) is 1.97. The molecule has 0 atom stereocenters. The summed E-state index contributed by atoms with van der Waals surface area (Å²) in [5, 5.41) is 3.14. The molecule has 6 heteroatoms. The van der Waals surface area contributed by atoms with Crippen molar-refractivity contribution in [3.63, 3.8) is 0 Å². The lowest BCUT2D eigenvalue weighted by atomic mass is 10.2. The van der Waals surface area contributed by atoms with Gasteiger partial charge in [0.15, 0.2) is 5.96 Å². The number of ether oxygens (including phenoxy) is 2. The molecule has 23 heavy (non-hydrogen) atoms. The van der Waals surface area contributed by atoms with E-state index < -0.39 is 0 Å². The Morgan fingerprint density at radius 1 is 1.17 bits per heavy atom. The van der Waals surface area contributed by atoms with Gasteiger partial charge in [0.2, 0.25) is 0 Å². The molecule has 0 spiro atoms. The van der Waals surface area contributed by atoms with Crippen LogP contribution < -0.4 is 20.5 Å². The van der Waals surface area contributed by atoms with E-state index in [0.717, 1.165) is 30.9 Å². The van der Waals surface area contributed by atoms with Gasteiger partial charge < -0.3 is 20.5 Å². The van der Waals surface area contributed by atoms with Crippen molar-refractivity contribution in [1.82, 2.24) is 5.32 Å². The van der Waals surface area contributed by atoms with Crippen molar-refractivity contribution in [2.45, 2.75) is 39.0 Å². The Bertz CT molecular complexity index is 442. The van der Waals surface area contributed by atoms with Crippen LogP contribution in [-0.4, -0.2) is 32.8 Å². The largest absolute Gasteiger partial charge is 0.497 e. The van der Waals surface area contributed by atoms with E-state index >= 15 is 0 Å². The lowest BCUT2D eigenvalue weighted by Crippen LogP contribution is -2.32. The Morgan fingerprint density at radius 2 is 1.96 bits per heavy atom. The van der Waals surface area contributed by atoms with Crippen LogP contribution in [0.15, 0.2) is 29.3 Å². The lowest BCUT2D eigenvalue weighted by Gasteiger charge is -2.07. The third-order valence-electron chi connectivity index (χ3n) is 3.23. The van der Waals surface area contributed by atoms with Crippen molar-refractivity contribution in [2.24, 2.45) is 10.7 Å². The van der Waals surface area contributed by atoms with Gasteiger partial charge in [0.1, 0.15) is 11.5 Å². The van der Waals surface area contributed by atoms with Crippen molar-refractivity contribution >= 4 is 29.9 Å². The summed E-state index contributed by atoms with van der Waals surface area (Å²) < 4.78 is 10.8. The molecule has 0 unspecified atom stereocenters. The zero-order chi connectivity index (χ0) is 16.0. The molecule has 3 N–H and O–H groups in total. The van der Waals surface area contributed by atoms with E-state index in [1.54, 1.807) is 7.11 Å². The fourth-order valence-corrected chi connectivity index (χ4v) is 1.97. The minimum Gasteiger partial charge on any atom is -0.497 e. The molecule has 0 amide bonds. The number of aliphatic imine (C=N–C) groups is 1. The summed E-state index contributed by atoms with van der Waals surface area (Å²) in [4.78, 5) is 4.29. The summed E-state index contributed by atoms with van der Waals surface area (Å²) in [6.45, 7) is 4.38. The second-order valence-electron chi connectivity index (χ2n) is 5.14. The monoisotopic (exact) mass is 435 g/mol. The molecule has 0 radical (unpaired) electrons. The van der Waals surface area contributed by atoms with E-state index in [4.69, 9.17) is 15.2 Å². The van der Waals surface area contributed by atoms with Crippen molar-refractivity contribution in [3.8, 4) is 11.5 Å². The molecular weight excluding hydrogens is 405 g/mol. The Kier molecular flexibility index (Phi) is 13.7. The maximum atomic E-state index is 5.80. The first-order chi connectivity index (χ1) is 10.8. The number of methoxy groups -OCH3 is 1. The standard InChI is InChI=1S/C17H29N3O2.HI/c1-3-4-5-6-11-19-17(18)20-12-8-13-22-16-10-7-9-15(14-16)21-2;/h7,9-10,14H,3-6,8,11-13H2,1-2H3,(H3,18,19,20);1H. The fraction of sp³-hybridized carbons (Fsp3) is 0.588. The van der Waals surface area contributed by atoms with E-state index in [9.17, 15) is 0 Å². The van der Waals surface area contributed by atoms with Crippen LogP contribution in [0.2, 0.25) is 0 Å². The normalized spacial score (nSPS) is 10.8. The van der Waals surface area contributed by atoms with E-state index in [-0.39, 0.29) is 24.0 Å². The number of rotatable bonds is 11. The van der Waals surface area contributed by atoms with Gasteiger partial charge in [0.05, 0.1) is 13.7 Å². The van der Waals surface area contributed by atoms with Gasteiger partial charge in [0.25, 0.3) is 0 Å². The number of guanidine groups is 1. The smallest absolute Gasteiger partial charge is 0.188 e. The first kappa shape index (κ1) is 21.8. The molecule has 0 saturated heterocycles. The SMILES string of the molecule is CCCCCCNC(N)=NCCCOc1cccc(OC)c1.I. The molecule has 132 valence electrons. The van der Waals surface area contributed by atoms with Gasteiger partial charge in [0, 0.05) is 25.6 Å². The maximum Gasteiger partial charge on any atom is 0.188 e. The number of nitrogens with zero attached hydrogens (tertiary/aromatic N) is 1. The van der Waals surface area contributed by atoms with Crippen LogP contribution in [0.5, 0.6) is 11.5 Å². The molecule has 0 fully saturated rings. The summed E-state index contributed by atoms with van der Waals surface area (Å²) in [6, 6.07) is 7.59. The molecule has 1 aromatic carbocycles. The zero-order valence-corrected chi connectivity index (χ0v) is 16.5. The molecule has 0 aliphatic carbocycles. The predicted molar refractivity (Wildman–Crippen MR) is 107 cm³/mol.